The number of hydrogen-bond acceptors (Lipinski definition) is 3. The van der Waals surface area contributed by atoms with Crippen molar-refractivity contribution in [2.45, 2.75) is 18.6 Å². The van der Waals surface area contributed by atoms with Crippen LogP contribution in [0.5, 0.6) is 5.75 Å². The van der Waals surface area contributed by atoms with Crippen LogP contribution in [0.15, 0.2) is 30.3 Å². The van der Waals surface area contributed by atoms with E-state index in [-0.39, 0.29) is 4.75 Å². The molecule has 0 atom stereocenters. The lowest BCUT2D eigenvalue weighted by Crippen LogP contribution is -2.34. The van der Waals surface area contributed by atoms with Crippen molar-refractivity contribution in [2.24, 2.45) is 0 Å². The minimum Gasteiger partial charge on any atom is -0.492 e. The standard InChI is InChI=1S/C13H21NOS/c1-13(2,16)11-14(3)9-10-15-12-7-5-4-6-8-12/h4-8,16H,9-11H2,1-3H3. The molecule has 0 aliphatic rings. The van der Waals surface area contributed by atoms with Gasteiger partial charge in [-0.2, -0.15) is 12.6 Å². The fraction of sp³-hybridized carbons (Fsp3) is 0.538. The zero-order chi connectivity index (χ0) is 12.0. The first-order valence-corrected chi connectivity index (χ1v) is 6.01. The van der Waals surface area contributed by atoms with Gasteiger partial charge >= 0.3 is 0 Å². The summed E-state index contributed by atoms with van der Waals surface area (Å²) < 4.78 is 5.67. The number of para-hydroxylation sites is 1. The lowest BCUT2D eigenvalue weighted by Gasteiger charge is -2.25. The Morgan fingerprint density at radius 2 is 1.88 bits per heavy atom. The fourth-order valence-corrected chi connectivity index (χ4v) is 1.82. The van der Waals surface area contributed by atoms with E-state index < -0.39 is 0 Å². The molecule has 90 valence electrons. The van der Waals surface area contributed by atoms with E-state index in [0.29, 0.717) is 6.61 Å². The highest BCUT2D eigenvalue weighted by atomic mass is 32.1. The number of rotatable bonds is 6. The highest BCUT2D eigenvalue weighted by molar-refractivity contribution is 7.81. The first-order valence-electron chi connectivity index (χ1n) is 5.56. The number of ether oxygens (including phenoxy) is 1. The van der Waals surface area contributed by atoms with Crippen LogP contribution in [0.25, 0.3) is 0 Å². The number of benzene rings is 1. The Morgan fingerprint density at radius 1 is 1.25 bits per heavy atom. The molecule has 3 heteroatoms. The van der Waals surface area contributed by atoms with Gasteiger partial charge in [-0.3, -0.25) is 0 Å². The monoisotopic (exact) mass is 239 g/mol. The lowest BCUT2D eigenvalue weighted by atomic mass is 10.2. The van der Waals surface area contributed by atoms with Crippen LogP contribution in [0.1, 0.15) is 13.8 Å². The van der Waals surface area contributed by atoms with E-state index in [0.717, 1.165) is 18.8 Å². The maximum absolute atomic E-state index is 5.62. The fourth-order valence-electron chi connectivity index (χ4n) is 1.58. The van der Waals surface area contributed by atoms with E-state index in [2.05, 4.69) is 38.4 Å². The van der Waals surface area contributed by atoms with Gasteiger partial charge in [-0.25, -0.2) is 0 Å². The number of likely N-dealkylation sites (N-methyl/N-ethyl adjacent to an activating group) is 1. The summed E-state index contributed by atoms with van der Waals surface area (Å²) >= 11 is 4.50. The molecule has 2 nitrogen and oxygen atoms in total. The van der Waals surface area contributed by atoms with Gasteiger partial charge in [0.15, 0.2) is 0 Å². The first kappa shape index (κ1) is 13.4. The molecule has 0 fully saturated rings. The molecule has 1 aromatic rings. The molecule has 0 unspecified atom stereocenters. The average molecular weight is 239 g/mol. The van der Waals surface area contributed by atoms with Gasteiger partial charge in [0.1, 0.15) is 12.4 Å². The van der Waals surface area contributed by atoms with Crippen molar-refractivity contribution in [1.29, 1.82) is 0 Å². The van der Waals surface area contributed by atoms with Crippen molar-refractivity contribution in [2.75, 3.05) is 26.7 Å². The molecule has 0 aromatic heterocycles. The van der Waals surface area contributed by atoms with Gasteiger partial charge < -0.3 is 9.64 Å². The third-order valence-electron chi connectivity index (χ3n) is 2.14. The molecule has 0 aliphatic heterocycles. The van der Waals surface area contributed by atoms with Gasteiger partial charge in [-0.15, -0.1) is 0 Å². The maximum Gasteiger partial charge on any atom is 0.119 e. The van der Waals surface area contributed by atoms with Crippen LogP contribution in [0.3, 0.4) is 0 Å². The maximum atomic E-state index is 5.62. The molecule has 0 saturated carbocycles. The molecule has 0 aliphatic carbocycles. The van der Waals surface area contributed by atoms with E-state index in [1.54, 1.807) is 0 Å². The Hall–Kier alpha value is -0.670. The third-order valence-corrected chi connectivity index (χ3v) is 2.28. The largest absolute Gasteiger partial charge is 0.492 e. The molecule has 1 aromatic carbocycles. The Morgan fingerprint density at radius 3 is 2.44 bits per heavy atom. The quantitative estimate of drug-likeness (QED) is 0.766. The molecule has 1 rings (SSSR count). The smallest absolute Gasteiger partial charge is 0.119 e. The van der Waals surface area contributed by atoms with Crippen molar-refractivity contribution < 1.29 is 4.74 Å². The van der Waals surface area contributed by atoms with Crippen molar-refractivity contribution in [3.05, 3.63) is 30.3 Å². The van der Waals surface area contributed by atoms with Gasteiger partial charge in [-0.05, 0) is 33.0 Å². The molecule has 0 radical (unpaired) electrons. The van der Waals surface area contributed by atoms with Crippen LogP contribution in [0.2, 0.25) is 0 Å². The summed E-state index contributed by atoms with van der Waals surface area (Å²) in [5, 5.41) is 0. The van der Waals surface area contributed by atoms with Gasteiger partial charge in [0.25, 0.3) is 0 Å². The first-order chi connectivity index (χ1) is 7.47. The summed E-state index contributed by atoms with van der Waals surface area (Å²) in [5.41, 5.74) is 0. The molecule has 0 amide bonds. The second kappa shape index (κ2) is 6.16. The Balaban J connectivity index is 2.21. The summed E-state index contributed by atoms with van der Waals surface area (Å²) in [6.07, 6.45) is 0. The van der Waals surface area contributed by atoms with E-state index in [9.17, 15) is 0 Å². The van der Waals surface area contributed by atoms with E-state index in [4.69, 9.17) is 4.74 Å². The second-order valence-corrected chi connectivity index (χ2v) is 5.92. The SMILES string of the molecule is CN(CCOc1ccccc1)CC(C)(C)S. The molecule has 0 spiro atoms. The second-order valence-electron chi connectivity index (χ2n) is 4.71. The number of thiol groups is 1. The van der Waals surface area contributed by atoms with Crippen LogP contribution < -0.4 is 4.74 Å². The predicted molar refractivity (Wildman–Crippen MR) is 72.5 cm³/mol. The normalized spacial score (nSPS) is 11.8. The van der Waals surface area contributed by atoms with Crippen LogP contribution >= 0.6 is 12.6 Å². The van der Waals surface area contributed by atoms with Crippen LogP contribution in [-0.2, 0) is 0 Å². The number of nitrogens with zero attached hydrogens (tertiary/aromatic N) is 1. The molecular weight excluding hydrogens is 218 g/mol. The van der Waals surface area contributed by atoms with Crippen molar-refractivity contribution in [3.8, 4) is 5.75 Å². The van der Waals surface area contributed by atoms with Crippen LogP contribution in [-0.4, -0.2) is 36.4 Å². The van der Waals surface area contributed by atoms with Crippen molar-refractivity contribution >= 4 is 12.6 Å². The molecule has 0 saturated heterocycles. The predicted octanol–water partition coefficient (Wildman–Crippen LogP) is 2.71. The summed E-state index contributed by atoms with van der Waals surface area (Å²) in [6.45, 7) is 6.81. The lowest BCUT2D eigenvalue weighted by molar-refractivity contribution is 0.229. The molecular formula is C13H21NOS. The van der Waals surface area contributed by atoms with E-state index in [1.807, 2.05) is 30.3 Å². The van der Waals surface area contributed by atoms with Crippen LogP contribution in [0, 0.1) is 0 Å². The highest BCUT2D eigenvalue weighted by Crippen LogP contribution is 2.13. The Bertz CT molecular complexity index is 295. The van der Waals surface area contributed by atoms with E-state index in [1.165, 1.54) is 0 Å². The van der Waals surface area contributed by atoms with Crippen molar-refractivity contribution in [1.82, 2.24) is 4.90 Å². The summed E-state index contributed by atoms with van der Waals surface area (Å²) in [6, 6.07) is 9.90. The minimum atomic E-state index is 0.0432. The van der Waals surface area contributed by atoms with Gasteiger partial charge in [0.05, 0.1) is 0 Å². The minimum absolute atomic E-state index is 0.0432. The van der Waals surface area contributed by atoms with Gasteiger partial charge in [0.2, 0.25) is 0 Å². The zero-order valence-electron chi connectivity index (χ0n) is 10.3. The zero-order valence-corrected chi connectivity index (χ0v) is 11.2. The Labute approximate surface area is 104 Å². The van der Waals surface area contributed by atoms with Gasteiger partial charge in [0, 0.05) is 17.8 Å². The average Bonchev–Trinajstić information content (AvgIpc) is 2.16. The highest BCUT2D eigenvalue weighted by Gasteiger charge is 2.14. The van der Waals surface area contributed by atoms with E-state index >= 15 is 0 Å². The van der Waals surface area contributed by atoms with Crippen molar-refractivity contribution in [3.63, 3.8) is 0 Å². The summed E-state index contributed by atoms with van der Waals surface area (Å²) in [4.78, 5) is 2.23. The summed E-state index contributed by atoms with van der Waals surface area (Å²) in [7, 11) is 2.09. The van der Waals surface area contributed by atoms with Crippen LogP contribution in [0.4, 0.5) is 0 Å². The molecule has 16 heavy (non-hydrogen) atoms. The summed E-state index contributed by atoms with van der Waals surface area (Å²) in [5.74, 6) is 0.932. The number of hydrogen-bond donors (Lipinski definition) is 1. The topological polar surface area (TPSA) is 12.5 Å². The molecule has 0 bridgehead atoms. The molecule has 0 N–H and O–H groups in total. The third kappa shape index (κ3) is 6.03. The Kier molecular flexibility index (Phi) is 5.16. The molecule has 0 heterocycles. The van der Waals surface area contributed by atoms with Gasteiger partial charge in [-0.1, -0.05) is 18.2 Å².